The van der Waals surface area contributed by atoms with Gasteiger partial charge in [0.15, 0.2) is 6.23 Å². The van der Waals surface area contributed by atoms with Crippen LogP contribution in [0.4, 0.5) is 0 Å². The van der Waals surface area contributed by atoms with Crippen molar-refractivity contribution >= 4 is 5.97 Å². The van der Waals surface area contributed by atoms with Crippen LogP contribution >= 0.6 is 0 Å². The van der Waals surface area contributed by atoms with Crippen LogP contribution in [0.15, 0.2) is 12.7 Å². The van der Waals surface area contributed by atoms with E-state index >= 15 is 0 Å². The summed E-state index contributed by atoms with van der Waals surface area (Å²) in [5, 5.41) is 3.06. The standard InChI is InChI=1S/C9H17NO2/c1-5-9(11)12-8(4)10-6-7(2)3/h5,7-8,10H,1,6H2,2-4H3. The van der Waals surface area contributed by atoms with Gasteiger partial charge in [-0.25, -0.2) is 4.79 Å². The summed E-state index contributed by atoms with van der Waals surface area (Å²) in [4.78, 5) is 10.7. The van der Waals surface area contributed by atoms with Crippen molar-refractivity contribution in [2.24, 2.45) is 5.92 Å². The quantitative estimate of drug-likeness (QED) is 0.385. The number of hydrogen-bond acceptors (Lipinski definition) is 3. The Hall–Kier alpha value is -0.830. The molecule has 0 aliphatic rings. The van der Waals surface area contributed by atoms with E-state index < -0.39 is 5.97 Å². The van der Waals surface area contributed by atoms with Crippen molar-refractivity contribution < 1.29 is 9.53 Å². The Morgan fingerprint density at radius 1 is 1.58 bits per heavy atom. The van der Waals surface area contributed by atoms with Gasteiger partial charge in [-0.1, -0.05) is 20.4 Å². The predicted molar refractivity (Wildman–Crippen MR) is 48.6 cm³/mol. The van der Waals surface area contributed by atoms with Gasteiger partial charge in [-0.05, 0) is 12.8 Å². The van der Waals surface area contributed by atoms with Crippen molar-refractivity contribution in [2.45, 2.75) is 27.0 Å². The average Bonchev–Trinajstić information content (AvgIpc) is 2.00. The summed E-state index contributed by atoms with van der Waals surface area (Å²) in [5.74, 6) is 0.161. The molecule has 0 heterocycles. The molecule has 0 fully saturated rings. The zero-order valence-electron chi connectivity index (χ0n) is 7.96. The van der Waals surface area contributed by atoms with Crippen LogP contribution in [-0.2, 0) is 9.53 Å². The number of nitrogens with one attached hydrogen (secondary N) is 1. The molecule has 0 rings (SSSR count). The molecule has 0 aliphatic carbocycles. The lowest BCUT2D eigenvalue weighted by Gasteiger charge is -2.14. The minimum absolute atomic E-state index is 0.238. The van der Waals surface area contributed by atoms with Gasteiger partial charge in [0.25, 0.3) is 0 Å². The topological polar surface area (TPSA) is 38.3 Å². The first kappa shape index (κ1) is 11.2. The molecule has 0 saturated carbocycles. The lowest BCUT2D eigenvalue weighted by molar-refractivity contribution is -0.143. The lowest BCUT2D eigenvalue weighted by atomic mass is 10.2. The second-order valence-electron chi connectivity index (χ2n) is 3.09. The third-order valence-corrected chi connectivity index (χ3v) is 1.27. The van der Waals surface area contributed by atoms with Gasteiger partial charge >= 0.3 is 5.97 Å². The summed E-state index contributed by atoms with van der Waals surface area (Å²) in [6, 6.07) is 0. The van der Waals surface area contributed by atoms with E-state index in [2.05, 4.69) is 25.7 Å². The van der Waals surface area contributed by atoms with Crippen molar-refractivity contribution in [1.82, 2.24) is 5.32 Å². The van der Waals surface area contributed by atoms with E-state index in [9.17, 15) is 4.79 Å². The van der Waals surface area contributed by atoms with E-state index in [0.717, 1.165) is 12.6 Å². The fourth-order valence-corrected chi connectivity index (χ4v) is 0.666. The number of ether oxygens (including phenoxy) is 1. The smallest absolute Gasteiger partial charge is 0.331 e. The van der Waals surface area contributed by atoms with E-state index in [4.69, 9.17) is 4.74 Å². The molecule has 3 nitrogen and oxygen atoms in total. The minimum Gasteiger partial charge on any atom is -0.444 e. The molecule has 1 unspecified atom stereocenters. The summed E-state index contributed by atoms with van der Waals surface area (Å²) in [5.41, 5.74) is 0. The molecule has 0 aromatic carbocycles. The van der Waals surface area contributed by atoms with Gasteiger partial charge in [-0.2, -0.15) is 0 Å². The summed E-state index contributed by atoms with van der Waals surface area (Å²) >= 11 is 0. The first-order valence-electron chi connectivity index (χ1n) is 4.12. The third kappa shape index (κ3) is 5.92. The van der Waals surface area contributed by atoms with Crippen molar-refractivity contribution in [3.8, 4) is 0 Å². The molecule has 0 aromatic heterocycles. The minimum atomic E-state index is -0.390. The second kappa shape index (κ2) is 5.77. The Morgan fingerprint density at radius 2 is 2.17 bits per heavy atom. The zero-order valence-corrected chi connectivity index (χ0v) is 7.96. The summed E-state index contributed by atoms with van der Waals surface area (Å²) in [6.45, 7) is 10.1. The maximum Gasteiger partial charge on any atom is 0.331 e. The van der Waals surface area contributed by atoms with Gasteiger partial charge in [0, 0.05) is 12.6 Å². The molecule has 0 aliphatic heterocycles. The summed E-state index contributed by atoms with van der Waals surface area (Å²) in [7, 11) is 0. The highest BCUT2D eigenvalue weighted by atomic mass is 16.6. The van der Waals surface area contributed by atoms with Gasteiger partial charge in [-0.15, -0.1) is 0 Å². The van der Waals surface area contributed by atoms with E-state index in [-0.39, 0.29) is 6.23 Å². The predicted octanol–water partition coefficient (Wildman–Crippen LogP) is 1.31. The van der Waals surface area contributed by atoms with Crippen LogP contribution in [0.25, 0.3) is 0 Å². The highest BCUT2D eigenvalue weighted by Gasteiger charge is 2.05. The first-order chi connectivity index (χ1) is 5.56. The Morgan fingerprint density at radius 3 is 2.58 bits per heavy atom. The Bertz CT molecular complexity index is 155. The number of carbonyl (C=O) groups is 1. The number of rotatable bonds is 5. The molecule has 0 amide bonds. The molecule has 12 heavy (non-hydrogen) atoms. The average molecular weight is 171 g/mol. The molecule has 3 heteroatoms. The molecule has 0 spiro atoms. The van der Waals surface area contributed by atoms with E-state index in [1.165, 1.54) is 0 Å². The second-order valence-corrected chi connectivity index (χ2v) is 3.09. The van der Waals surface area contributed by atoms with Crippen LogP contribution in [0.3, 0.4) is 0 Å². The monoisotopic (exact) mass is 171 g/mol. The Labute approximate surface area is 73.8 Å². The molecular formula is C9H17NO2. The first-order valence-corrected chi connectivity index (χ1v) is 4.12. The largest absolute Gasteiger partial charge is 0.444 e. The summed E-state index contributed by atoms with van der Waals surface area (Å²) < 4.78 is 4.88. The molecule has 0 radical (unpaired) electrons. The van der Waals surface area contributed by atoms with Crippen molar-refractivity contribution in [3.05, 3.63) is 12.7 Å². The van der Waals surface area contributed by atoms with E-state index in [0.29, 0.717) is 5.92 Å². The maximum absolute atomic E-state index is 10.7. The number of carbonyl (C=O) groups excluding carboxylic acids is 1. The molecule has 1 atom stereocenters. The molecule has 1 N–H and O–H groups in total. The fraction of sp³-hybridized carbons (Fsp3) is 0.667. The van der Waals surface area contributed by atoms with E-state index in [1.54, 1.807) is 6.92 Å². The molecular weight excluding hydrogens is 154 g/mol. The zero-order chi connectivity index (χ0) is 9.56. The van der Waals surface area contributed by atoms with Crippen molar-refractivity contribution in [3.63, 3.8) is 0 Å². The molecule has 0 saturated heterocycles. The normalized spacial score (nSPS) is 12.7. The van der Waals surface area contributed by atoms with Crippen LogP contribution in [0.5, 0.6) is 0 Å². The van der Waals surface area contributed by atoms with E-state index in [1.807, 2.05) is 0 Å². The Balaban J connectivity index is 3.52. The van der Waals surface area contributed by atoms with Gasteiger partial charge in [0.2, 0.25) is 0 Å². The van der Waals surface area contributed by atoms with Crippen LogP contribution in [-0.4, -0.2) is 18.7 Å². The van der Waals surface area contributed by atoms with Gasteiger partial charge in [-0.3, -0.25) is 5.32 Å². The highest BCUT2D eigenvalue weighted by Crippen LogP contribution is 1.92. The maximum atomic E-state index is 10.7. The molecule has 70 valence electrons. The third-order valence-electron chi connectivity index (χ3n) is 1.27. The molecule has 0 bridgehead atoms. The Kier molecular flexibility index (Phi) is 5.37. The van der Waals surface area contributed by atoms with Crippen molar-refractivity contribution in [2.75, 3.05) is 6.54 Å². The van der Waals surface area contributed by atoms with Gasteiger partial charge in [0.1, 0.15) is 0 Å². The summed E-state index contributed by atoms with van der Waals surface area (Å²) in [6.07, 6.45) is 0.922. The fourth-order valence-electron chi connectivity index (χ4n) is 0.666. The van der Waals surface area contributed by atoms with Crippen LogP contribution < -0.4 is 5.32 Å². The van der Waals surface area contributed by atoms with Crippen molar-refractivity contribution in [1.29, 1.82) is 0 Å². The number of hydrogen-bond donors (Lipinski definition) is 1. The van der Waals surface area contributed by atoms with Gasteiger partial charge < -0.3 is 4.74 Å². The highest BCUT2D eigenvalue weighted by molar-refractivity contribution is 5.81. The lowest BCUT2D eigenvalue weighted by Crippen LogP contribution is -2.33. The van der Waals surface area contributed by atoms with Gasteiger partial charge in [0.05, 0.1) is 0 Å². The SMILES string of the molecule is C=CC(=O)OC(C)NCC(C)C. The van der Waals surface area contributed by atoms with Crippen LogP contribution in [0.1, 0.15) is 20.8 Å². The van der Waals surface area contributed by atoms with Crippen LogP contribution in [0.2, 0.25) is 0 Å². The molecule has 0 aromatic rings. The van der Waals surface area contributed by atoms with Crippen LogP contribution in [0, 0.1) is 5.92 Å². The number of esters is 1.